The number of benzene rings is 1. The van der Waals surface area contributed by atoms with Crippen LogP contribution >= 0.6 is 11.8 Å². The quantitative estimate of drug-likeness (QED) is 0.754. The molecule has 0 saturated heterocycles. The van der Waals surface area contributed by atoms with Crippen LogP contribution in [-0.4, -0.2) is 29.0 Å². The Labute approximate surface area is 127 Å². The van der Waals surface area contributed by atoms with Crippen molar-refractivity contribution in [1.82, 2.24) is 5.32 Å². The number of aliphatic hydroxyl groups is 1. The molecule has 1 unspecified atom stereocenters. The zero-order valence-corrected chi connectivity index (χ0v) is 13.9. The highest BCUT2D eigenvalue weighted by molar-refractivity contribution is 7.99. The van der Waals surface area contributed by atoms with Gasteiger partial charge in [0.25, 0.3) is 0 Å². The monoisotopic (exact) mass is 293 g/mol. The van der Waals surface area contributed by atoms with Gasteiger partial charge in [-0.25, -0.2) is 0 Å². The molecular formula is C17H27NOS. The zero-order valence-electron chi connectivity index (χ0n) is 13.1. The fourth-order valence-electron chi connectivity index (χ4n) is 2.72. The van der Waals surface area contributed by atoms with E-state index < -0.39 is 0 Å². The van der Waals surface area contributed by atoms with Gasteiger partial charge in [-0.05, 0) is 55.9 Å². The summed E-state index contributed by atoms with van der Waals surface area (Å²) in [5.74, 6) is 1.57. The van der Waals surface area contributed by atoms with E-state index in [2.05, 4.69) is 51.2 Å². The second kappa shape index (κ2) is 6.50. The van der Waals surface area contributed by atoms with E-state index in [-0.39, 0.29) is 12.1 Å². The van der Waals surface area contributed by atoms with E-state index in [1.54, 1.807) is 0 Å². The minimum absolute atomic E-state index is 0.113. The van der Waals surface area contributed by atoms with Gasteiger partial charge >= 0.3 is 0 Å². The van der Waals surface area contributed by atoms with Crippen LogP contribution < -0.4 is 5.32 Å². The molecule has 2 N–H and O–H groups in total. The van der Waals surface area contributed by atoms with Crippen LogP contribution in [0.4, 0.5) is 0 Å². The lowest BCUT2D eigenvalue weighted by Crippen LogP contribution is -2.55. The smallest absolute Gasteiger partial charge is 0.0624 e. The minimum Gasteiger partial charge on any atom is -0.394 e. The zero-order chi connectivity index (χ0) is 14.8. The summed E-state index contributed by atoms with van der Waals surface area (Å²) in [6.45, 7) is 8.85. The standard InChI is InChI=1S/C17H27NOS/c1-12(2)18-17(10-19,15-6-7-15)11-20-16-8-5-13(3)14(4)9-16/h5,8-9,12,15,18-19H,6-7,10-11H2,1-4H3. The second-order valence-corrected chi connectivity index (χ2v) is 7.47. The van der Waals surface area contributed by atoms with Crippen molar-refractivity contribution < 1.29 is 5.11 Å². The minimum atomic E-state index is -0.113. The molecule has 1 saturated carbocycles. The molecule has 20 heavy (non-hydrogen) atoms. The van der Waals surface area contributed by atoms with Crippen LogP contribution in [0.5, 0.6) is 0 Å². The van der Waals surface area contributed by atoms with Crippen molar-refractivity contribution in [3.63, 3.8) is 0 Å². The topological polar surface area (TPSA) is 32.3 Å². The SMILES string of the molecule is Cc1ccc(SCC(CO)(NC(C)C)C2CC2)cc1C. The van der Waals surface area contributed by atoms with E-state index in [4.69, 9.17) is 0 Å². The molecule has 0 spiro atoms. The average Bonchev–Trinajstić information content (AvgIpc) is 3.23. The maximum atomic E-state index is 9.94. The van der Waals surface area contributed by atoms with E-state index in [1.165, 1.54) is 28.9 Å². The molecule has 1 aromatic carbocycles. The van der Waals surface area contributed by atoms with E-state index >= 15 is 0 Å². The number of thioether (sulfide) groups is 1. The largest absolute Gasteiger partial charge is 0.394 e. The van der Waals surface area contributed by atoms with Gasteiger partial charge in [-0.1, -0.05) is 19.9 Å². The molecule has 3 heteroatoms. The summed E-state index contributed by atoms with van der Waals surface area (Å²) in [5.41, 5.74) is 2.57. The predicted octanol–water partition coefficient (Wildman–Crippen LogP) is 3.53. The summed E-state index contributed by atoms with van der Waals surface area (Å²) in [6, 6.07) is 7.04. The molecule has 0 aromatic heterocycles. The molecule has 112 valence electrons. The van der Waals surface area contributed by atoms with Crippen LogP contribution in [0, 0.1) is 19.8 Å². The summed E-state index contributed by atoms with van der Waals surface area (Å²) in [4.78, 5) is 1.30. The van der Waals surface area contributed by atoms with Gasteiger partial charge in [0.15, 0.2) is 0 Å². The van der Waals surface area contributed by atoms with Crippen LogP contribution in [0.2, 0.25) is 0 Å². The molecule has 0 aliphatic heterocycles. The first-order chi connectivity index (χ1) is 9.47. The van der Waals surface area contributed by atoms with Crippen LogP contribution in [0.1, 0.15) is 37.8 Å². The maximum Gasteiger partial charge on any atom is 0.0624 e. The first-order valence-corrected chi connectivity index (χ1v) is 8.54. The summed E-state index contributed by atoms with van der Waals surface area (Å²) >= 11 is 1.86. The van der Waals surface area contributed by atoms with Crippen molar-refractivity contribution in [1.29, 1.82) is 0 Å². The van der Waals surface area contributed by atoms with Crippen molar-refractivity contribution in [3.05, 3.63) is 29.3 Å². The Hall–Kier alpha value is -0.510. The molecule has 1 fully saturated rings. The Morgan fingerprint density at radius 3 is 2.50 bits per heavy atom. The molecule has 0 amide bonds. The van der Waals surface area contributed by atoms with Crippen molar-refractivity contribution in [3.8, 4) is 0 Å². The maximum absolute atomic E-state index is 9.94. The van der Waals surface area contributed by atoms with Gasteiger partial charge in [-0.3, -0.25) is 0 Å². The highest BCUT2D eigenvalue weighted by Crippen LogP contribution is 2.42. The van der Waals surface area contributed by atoms with Gasteiger partial charge in [0.2, 0.25) is 0 Å². The predicted molar refractivity (Wildman–Crippen MR) is 87.5 cm³/mol. The molecular weight excluding hydrogens is 266 g/mol. The Morgan fingerprint density at radius 2 is 2.00 bits per heavy atom. The second-order valence-electron chi connectivity index (χ2n) is 6.42. The first kappa shape index (κ1) is 15.9. The number of nitrogens with one attached hydrogen (secondary N) is 1. The Balaban J connectivity index is 2.06. The fourth-order valence-corrected chi connectivity index (χ4v) is 3.98. The molecule has 1 aliphatic carbocycles. The average molecular weight is 293 g/mol. The van der Waals surface area contributed by atoms with Crippen LogP contribution in [0.15, 0.2) is 23.1 Å². The van der Waals surface area contributed by atoms with Gasteiger partial charge in [0.1, 0.15) is 0 Å². The van der Waals surface area contributed by atoms with Crippen molar-refractivity contribution in [2.24, 2.45) is 5.92 Å². The van der Waals surface area contributed by atoms with E-state index in [1.807, 2.05) is 11.8 Å². The van der Waals surface area contributed by atoms with E-state index in [0.717, 1.165) is 5.75 Å². The Bertz CT molecular complexity index is 456. The molecule has 2 nitrogen and oxygen atoms in total. The molecule has 2 rings (SSSR count). The summed E-state index contributed by atoms with van der Waals surface area (Å²) in [6.07, 6.45) is 2.49. The van der Waals surface area contributed by atoms with Gasteiger partial charge in [-0.2, -0.15) is 0 Å². The van der Waals surface area contributed by atoms with Crippen LogP contribution in [-0.2, 0) is 0 Å². The molecule has 1 aliphatic rings. The molecule has 0 heterocycles. The molecule has 1 aromatic rings. The number of aryl methyl sites for hydroxylation is 2. The lowest BCUT2D eigenvalue weighted by Gasteiger charge is -2.35. The lowest BCUT2D eigenvalue weighted by molar-refractivity contribution is 0.150. The van der Waals surface area contributed by atoms with Gasteiger partial charge in [0.05, 0.1) is 12.1 Å². The highest BCUT2D eigenvalue weighted by atomic mass is 32.2. The normalized spacial score (nSPS) is 18.3. The van der Waals surface area contributed by atoms with Crippen molar-refractivity contribution in [2.75, 3.05) is 12.4 Å². The Morgan fingerprint density at radius 1 is 1.30 bits per heavy atom. The van der Waals surface area contributed by atoms with Crippen LogP contribution in [0.25, 0.3) is 0 Å². The van der Waals surface area contributed by atoms with Gasteiger partial charge in [-0.15, -0.1) is 11.8 Å². The van der Waals surface area contributed by atoms with E-state index in [0.29, 0.717) is 12.0 Å². The summed E-state index contributed by atoms with van der Waals surface area (Å²) in [5, 5.41) is 13.6. The number of rotatable bonds is 7. The number of aliphatic hydroxyl groups excluding tert-OH is 1. The lowest BCUT2D eigenvalue weighted by atomic mass is 9.95. The first-order valence-electron chi connectivity index (χ1n) is 7.55. The highest BCUT2D eigenvalue weighted by Gasteiger charge is 2.44. The van der Waals surface area contributed by atoms with Gasteiger partial charge in [0, 0.05) is 16.7 Å². The van der Waals surface area contributed by atoms with Crippen molar-refractivity contribution >= 4 is 11.8 Å². The Kier molecular flexibility index (Phi) is 5.16. The van der Waals surface area contributed by atoms with E-state index in [9.17, 15) is 5.11 Å². The van der Waals surface area contributed by atoms with Crippen molar-refractivity contribution in [2.45, 2.75) is 57.0 Å². The molecule has 1 atom stereocenters. The number of hydrogen-bond acceptors (Lipinski definition) is 3. The third-order valence-corrected chi connectivity index (χ3v) is 5.44. The van der Waals surface area contributed by atoms with Crippen LogP contribution in [0.3, 0.4) is 0 Å². The van der Waals surface area contributed by atoms with Gasteiger partial charge < -0.3 is 10.4 Å². The third kappa shape index (κ3) is 3.78. The number of hydrogen-bond donors (Lipinski definition) is 2. The summed E-state index contributed by atoms with van der Waals surface area (Å²) in [7, 11) is 0. The molecule has 0 radical (unpaired) electrons. The summed E-state index contributed by atoms with van der Waals surface area (Å²) < 4.78 is 0. The molecule has 0 bridgehead atoms. The third-order valence-electron chi connectivity index (χ3n) is 4.19. The fraction of sp³-hybridized carbons (Fsp3) is 0.647.